The normalized spacial score (nSPS) is 19.6. The fraction of sp³-hybridized carbons (Fsp3) is 0.536. The number of furan rings is 1. The molecule has 2 aliphatic heterocycles. The molecule has 0 radical (unpaired) electrons. The van der Waals surface area contributed by atoms with E-state index in [-0.39, 0.29) is 30.4 Å². The number of nitrogens with one attached hydrogen (secondary N) is 1. The van der Waals surface area contributed by atoms with Gasteiger partial charge in [-0.05, 0) is 39.2 Å². The van der Waals surface area contributed by atoms with Gasteiger partial charge in [0.25, 0.3) is 5.91 Å². The average Bonchev–Trinajstić information content (AvgIpc) is 3.39. The van der Waals surface area contributed by atoms with E-state index in [1.165, 1.54) is 0 Å². The second kappa shape index (κ2) is 13.3. The van der Waals surface area contributed by atoms with Crippen molar-refractivity contribution < 1.29 is 33.5 Å². The summed E-state index contributed by atoms with van der Waals surface area (Å²) >= 11 is 0. The minimum absolute atomic E-state index is 0.0591. The molecule has 214 valence electrons. The Hall–Kier alpha value is -3.37. The SMILES string of the molecule is CC(C)(C=C(C#N)C(=O)N1CCCC[C@@H]1COC(=O)NC(CB(O)O)c1occ2ccccc12)N1CCOCC1. The van der Waals surface area contributed by atoms with Crippen LogP contribution >= 0.6 is 0 Å². The predicted molar refractivity (Wildman–Crippen MR) is 148 cm³/mol. The third-order valence-electron chi connectivity index (χ3n) is 7.56. The van der Waals surface area contributed by atoms with Gasteiger partial charge in [0.2, 0.25) is 0 Å². The number of alkyl carbamates (subject to hydrolysis) is 1. The number of nitrogens with zero attached hydrogens (tertiary/aromatic N) is 3. The molecular formula is C28H37BN4O7. The maximum Gasteiger partial charge on any atom is 0.454 e. The Morgan fingerprint density at radius 1 is 1.25 bits per heavy atom. The van der Waals surface area contributed by atoms with Crippen LogP contribution in [0.4, 0.5) is 4.79 Å². The van der Waals surface area contributed by atoms with Gasteiger partial charge in [0.1, 0.15) is 24.0 Å². The summed E-state index contributed by atoms with van der Waals surface area (Å²) in [5.74, 6) is 0.0164. The summed E-state index contributed by atoms with van der Waals surface area (Å²) in [7, 11) is -1.68. The summed E-state index contributed by atoms with van der Waals surface area (Å²) in [6.45, 7) is 7.00. The highest BCUT2D eigenvalue weighted by molar-refractivity contribution is 6.41. The number of hydrogen-bond acceptors (Lipinski definition) is 9. The first-order chi connectivity index (χ1) is 19.2. The lowest BCUT2D eigenvalue weighted by Gasteiger charge is -2.39. The monoisotopic (exact) mass is 552 g/mol. The number of likely N-dealkylation sites (tertiary alicyclic amines) is 1. The van der Waals surface area contributed by atoms with Crippen molar-refractivity contribution in [2.24, 2.45) is 0 Å². The van der Waals surface area contributed by atoms with Crippen molar-refractivity contribution >= 4 is 29.9 Å². The van der Waals surface area contributed by atoms with Gasteiger partial charge in [-0.2, -0.15) is 5.26 Å². The quantitative estimate of drug-likeness (QED) is 0.243. The lowest BCUT2D eigenvalue weighted by Crippen LogP contribution is -2.50. The van der Waals surface area contributed by atoms with Gasteiger partial charge >= 0.3 is 13.2 Å². The molecule has 0 aliphatic carbocycles. The van der Waals surface area contributed by atoms with E-state index in [0.717, 1.165) is 23.6 Å². The summed E-state index contributed by atoms with van der Waals surface area (Å²) in [5.41, 5.74) is -0.441. The Labute approximate surface area is 234 Å². The molecule has 1 aromatic carbocycles. The van der Waals surface area contributed by atoms with E-state index in [0.29, 0.717) is 45.0 Å². The van der Waals surface area contributed by atoms with E-state index in [2.05, 4.69) is 16.3 Å². The van der Waals surface area contributed by atoms with Crippen molar-refractivity contribution in [2.45, 2.75) is 57.1 Å². The van der Waals surface area contributed by atoms with Crippen molar-refractivity contribution in [3.05, 3.63) is 47.9 Å². The van der Waals surface area contributed by atoms with Gasteiger partial charge in [-0.3, -0.25) is 9.69 Å². The maximum absolute atomic E-state index is 13.5. The summed E-state index contributed by atoms with van der Waals surface area (Å²) in [4.78, 5) is 30.1. The first-order valence-corrected chi connectivity index (χ1v) is 13.7. The predicted octanol–water partition coefficient (Wildman–Crippen LogP) is 2.61. The van der Waals surface area contributed by atoms with Gasteiger partial charge in [-0.1, -0.05) is 24.3 Å². The summed E-state index contributed by atoms with van der Waals surface area (Å²) in [6, 6.07) is 8.22. The molecule has 2 amide bonds. The second-order valence-corrected chi connectivity index (χ2v) is 10.8. The fourth-order valence-corrected chi connectivity index (χ4v) is 5.40. The molecule has 1 aromatic heterocycles. The highest BCUT2D eigenvalue weighted by atomic mass is 16.5. The molecule has 2 fully saturated rings. The molecule has 12 heteroatoms. The fourth-order valence-electron chi connectivity index (χ4n) is 5.40. The zero-order valence-corrected chi connectivity index (χ0v) is 23.0. The lowest BCUT2D eigenvalue weighted by atomic mass is 9.80. The number of carbonyl (C=O) groups is 2. The molecule has 0 saturated carbocycles. The smallest absolute Gasteiger partial charge is 0.454 e. The van der Waals surface area contributed by atoms with E-state index in [4.69, 9.17) is 13.9 Å². The number of nitriles is 1. The number of carbonyl (C=O) groups excluding carboxylic acids is 2. The molecule has 3 N–H and O–H groups in total. The van der Waals surface area contributed by atoms with Crippen LogP contribution in [0.1, 0.15) is 44.9 Å². The van der Waals surface area contributed by atoms with Gasteiger partial charge in [0.15, 0.2) is 0 Å². The van der Waals surface area contributed by atoms with Crippen molar-refractivity contribution in [1.82, 2.24) is 15.1 Å². The van der Waals surface area contributed by atoms with Crippen molar-refractivity contribution in [3.63, 3.8) is 0 Å². The maximum atomic E-state index is 13.5. The number of piperidine rings is 1. The molecule has 2 atom stereocenters. The molecule has 0 spiro atoms. The standard InChI is InChI=1S/C28H37BN4O7/c1-28(2,32-11-13-38-14-12-32)15-21(17-30)26(34)33-10-6-5-8-22(33)19-40-27(35)31-24(16-29(36)37)25-23-9-4-3-7-20(23)18-39-25/h3-4,7,9,15,18,22,24,36-37H,5-6,8,10-14,16,19H2,1-2H3,(H,31,35)/t22-,24?/m1/s1. The van der Waals surface area contributed by atoms with Crippen LogP contribution in [0.5, 0.6) is 0 Å². The van der Waals surface area contributed by atoms with E-state index >= 15 is 0 Å². The van der Waals surface area contributed by atoms with E-state index < -0.39 is 24.8 Å². The van der Waals surface area contributed by atoms with Crippen LogP contribution in [0.3, 0.4) is 0 Å². The zero-order valence-electron chi connectivity index (χ0n) is 23.0. The Kier molecular flexibility index (Phi) is 9.87. The van der Waals surface area contributed by atoms with Crippen LogP contribution in [-0.4, -0.2) is 90.0 Å². The van der Waals surface area contributed by atoms with Gasteiger partial charge in [-0.25, -0.2) is 4.79 Å². The molecule has 4 rings (SSSR count). The van der Waals surface area contributed by atoms with Gasteiger partial charge in [0.05, 0.1) is 31.6 Å². The molecule has 40 heavy (non-hydrogen) atoms. The Bertz CT molecular complexity index is 1250. The summed E-state index contributed by atoms with van der Waals surface area (Å²) in [5, 5.41) is 33.3. The number of ether oxygens (including phenoxy) is 2. The molecule has 0 bridgehead atoms. The van der Waals surface area contributed by atoms with Gasteiger partial charge in [0, 0.05) is 42.3 Å². The number of fused-ring (bicyclic) bond motifs is 1. The highest BCUT2D eigenvalue weighted by Gasteiger charge is 2.33. The molecule has 2 saturated heterocycles. The number of rotatable bonds is 9. The van der Waals surface area contributed by atoms with Crippen molar-refractivity contribution in [2.75, 3.05) is 39.5 Å². The van der Waals surface area contributed by atoms with Crippen LogP contribution < -0.4 is 5.32 Å². The highest BCUT2D eigenvalue weighted by Crippen LogP contribution is 2.29. The number of benzene rings is 1. The topological polar surface area (TPSA) is 149 Å². The molecule has 2 aromatic rings. The molecular weight excluding hydrogens is 515 g/mol. The van der Waals surface area contributed by atoms with E-state index in [1.807, 2.05) is 38.1 Å². The summed E-state index contributed by atoms with van der Waals surface area (Å²) in [6.07, 6.45) is 4.58. The zero-order chi connectivity index (χ0) is 28.7. The number of hydrogen-bond donors (Lipinski definition) is 3. The summed E-state index contributed by atoms with van der Waals surface area (Å²) < 4.78 is 16.6. The van der Waals surface area contributed by atoms with Crippen LogP contribution in [0.2, 0.25) is 6.32 Å². The van der Waals surface area contributed by atoms with Gasteiger partial charge in [-0.15, -0.1) is 0 Å². The molecule has 11 nitrogen and oxygen atoms in total. The Morgan fingerprint density at radius 3 is 2.73 bits per heavy atom. The van der Waals surface area contributed by atoms with E-state index in [9.17, 15) is 24.9 Å². The average molecular weight is 552 g/mol. The lowest BCUT2D eigenvalue weighted by molar-refractivity contribution is -0.131. The molecule has 3 heterocycles. The van der Waals surface area contributed by atoms with Crippen molar-refractivity contribution in [3.8, 4) is 6.07 Å². The van der Waals surface area contributed by atoms with Crippen LogP contribution in [-0.2, 0) is 14.3 Å². The Balaban J connectivity index is 1.42. The van der Waals surface area contributed by atoms with E-state index in [1.54, 1.807) is 17.2 Å². The minimum Gasteiger partial charge on any atom is -0.466 e. The van der Waals surface area contributed by atoms with Crippen LogP contribution in [0.25, 0.3) is 10.8 Å². The first-order valence-electron chi connectivity index (χ1n) is 13.7. The van der Waals surface area contributed by atoms with Crippen molar-refractivity contribution in [1.29, 1.82) is 5.26 Å². The molecule has 1 unspecified atom stereocenters. The van der Waals surface area contributed by atoms with Crippen LogP contribution in [0.15, 0.2) is 46.6 Å². The minimum atomic E-state index is -1.68. The molecule has 2 aliphatic rings. The first kappa shape index (κ1) is 29.6. The third-order valence-corrected chi connectivity index (χ3v) is 7.56. The largest absolute Gasteiger partial charge is 0.466 e. The second-order valence-electron chi connectivity index (χ2n) is 10.8. The number of amides is 2. The third kappa shape index (κ3) is 7.23. The Morgan fingerprint density at radius 2 is 2.00 bits per heavy atom. The number of morpholine rings is 1. The van der Waals surface area contributed by atoms with Crippen LogP contribution in [0, 0.1) is 11.3 Å². The van der Waals surface area contributed by atoms with Gasteiger partial charge < -0.3 is 34.2 Å².